The Morgan fingerprint density at radius 1 is 1.00 bits per heavy atom. The molecule has 148 valence electrons. The van der Waals surface area contributed by atoms with Crippen molar-refractivity contribution in [2.75, 3.05) is 5.32 Å². The van der Waals surface area contributed by atoms with Gasteiger partial charge in [-0.25, -0.2) is 4.98 Å². The second kappa shape index (κ2) is 6.40. The number of para-hydroxylation sites is 1. The first kappa shape index (κ1) is 18.1. The molecular formula is C25H19ClN2OS. The van der Waals surface area contributed by atoms with Crippen molar-refractivity contribution in [2.24, 2.45) is 5.41 Å². The first-order valence-electron chi connectivity index (χ1n) is 10.1. The minimum Gasteiger partial charge on any atom is -0.301 e. The van der Waals surface area contributed by atoms with Crippen LogP contribution >= 0.6 is 22.9 Å². The van der Waals surface area contributed by atoms with E-state index >= 15 is 0 Å². The van der Waals surface area contributed by atoms with Gasteiger partial charge in [0.15, 0.2) is 5.13 Å². The Morgan fingerprint density at radius 2 is 1.63 bits per heavy atom. The Bertz CT molecular complexity index is 1280. The number of rotatable bonds is 2. The number of fused-ring (bicyclic) bond motifs is 2. The van der Waals surface area contributed by atoms with Crippen molar-refractivity contribution >= 4 is 44.2 Å². The van der Waals surface area contributed by atoms with Gasteiger partial charge in [-0.05, 0) is 47.7 Å². The average Bonchev–Trinajstić information content (AvgIpc) is 3.18. The molecule has 0 saturated heterocycles. The highest BCUT2D eigenvalue weighted by molar-refractivity contribution is 7.22. The van der Waals surface area contributed by atoms with Crippen LogP contribution in [0.4, 0.5) is 5.13 Å². The molecule has 1 aromatic heterocycles. The molecule has 2 bridgehead atoms. The highest BCUT2D eigenvalue weighted by Crippen LogP contribution is 2.61. The number of thiazole rings is 1. The minimum atomic E-state index is -0.547. The second-order valence-corrected chi connectivity index (χ2v) is 9.86. The van der Waals surface area contributed by atoms with Crippen molar-refractivity contribution in [3.8, 4) is 0 Å². The number of aromatic nitrogens is 1. The van der Waals surface area contributed by atoms with Gasteiger partial charge in [0.1, 0.15) is 5.52 Å². The summed E-state index contributed by atoms with van der Waals surface area (Å²) in [4.78, 5) is 18.3. The Morgan fingerprint density at radius 3 is 2.27 bits per heavy atom. The highest BCUT2D eigenvalue weighted by atomic mass is 35.5. The van der Waals surface area contributed by atoms with Gasteiger partial charge in [-0.1, -0.05) is 77.5 Å². The van der Waals surface area contributed by atoms with Crippen LogP contribution in [0.1, 0.15) is 47.4 Å². The molecule has 3 aliphatic carbocycles. The highest BCUT2D eigenvalue weighted by Gasteiger charge is 2.53. The van der Waals surface area contributed by atoms with E-state index in [1.54, 1.807) is 0 Å². The summed E-state index contributed by atoms with van der Waals surface area (Å²) in [6.45, 7) is 2.10. The molecule has 3 aromatic carbocycles. The van der Waals surface area contributed by atoms with E-state index in [4.69, 9.17) is 11.6 Å². The van der Waals surface area contributed by atoms with Gasteiger partial charge in [-0.2, -0.15) is 0 Å². The van der Waals surface area contributed by atoms with E-state index in [1.165, 1.54) is 33.6 Å². The summed E-state index contributed by atoms with van der Waals surface area (Å²) in [6.07, 6.45) is 0.795. The maximum atomic E-state index is 13.7. The number of hydrogen-bond donors (Lipinski definition) is 1. The number of carbonyl (C=O) groups is 1. The number of hydrogen-bond acceptors (Lipinski definition) is 3. The van der Waals surface area contributed by atoms with Gasteiger partial charge >= 0.3 is 0 Å². The number of benzene rings is 3. The molecule has 30 heavy (non-hydrogen) atoms. The summed E-state index contributed by atoms with van der Waals surface area (Å²) in [5.74, 6) is 0.299. The number of halogens is 1. The van der Waals surface area contributed by atoms with Crippen LogP contribution in [0, 0.1) is 5.41 Å². The van der Waals surface area contributed by atoms with Gasteiger partial charge in [0, 0.05) is 11.8 Å². The smallest absolute Gasteiger partial charge is 0.233 e. The topological polar surface area (TPSA) is 42.0 Å². The number of amides is 1. The van der Waals surface area contributed by atoms with Crippen LogP contribution in [-0.2, 0) is 4.79 Å². The minimum absolute atomic E-state index is 0.0247. The van der Waals surface area contributed by atoms with Crippen molar-refractivity contribution in [1.82, 2.24) is 4.98 Å². The molecule has 7 rings (SSSR count). The molecule has 0 radical (unpaired) electrons. The third kappa shape index (κ3) is 2.44. The lowest BCUT2D eigenvalue weighted by atomic mass is 9.52. The van der Waals surface area contributed by atoms with Crippen LogP contribution in [0.2, 0.25) is 5.02 Å². The zero-order chi connectivity index (χ0) is 20.5. The van der Waals surface area contributed by atoms with Gasteiger partial charge in [-0.3, -0.25) is 4.79 Å². The Balaban J connectivity index is 1.43. The van der Waals surface area contributed by atoms with Gasteiger partial charge in [0.2, 0.25) is 5.91 Å². The lowest BCUT2D eigenvalue weighted by molar-refractivity contribution is -0.126. The lowest BCUT2D eigenvalue weighted by Gasteiger charge is -2.50. The van der Waals surface area contributed by atoms with E-state index in [0.717, 1.165) is 16.6 Å². The van der Waals surface area contributed by atoms with Crippen LogP contribution in [-0.4, -0.2) is 10.9 Å². The van der Waals surface area contributed by atoms with Crippen LogP contribution < -0.4 is 5.32 Å². The van der Waals surface area contributed by atoms with Gasteiger partial charge in [0.05, 0.1) is 15.1 Å². The van der Waals surface area contributed by atoms with Crippen molar-refractivity contribution in [3.05, 3.63) is 94.0 Å². The van der Waals surface area contributed by atoms with Crippen LogP contribution in [0.3, 0.4) is 0 Å². The number of nitrogens with zero attached hydrogens (tertiary/aromatic N) is 1. The third-order valence-electron chi connectivity index (χ3n) is 6.74. The number of nitrogens with one attached hydrogen (secondary N) is 1. The van der Waals surface area contributed by atoms with E-state index in [0.29, 0.717) is 10.2 Å². The van der Waals surface area contributed by atoms with E-state index < -0.39 is 5.41 Å². The molecule has 0 aliphatic heterocycles. The van der Waals surface area contributed by atoms with Crippen molar-refractivity contribution in [2.45, 2.75) is 25.2 Å². The molecule has 1 atom stereocenters. The molecule has 4 aromatic rings. The van der Waals surface area contributed by atoms with Crippen molar-refractivity contribution in [3.63, 3.8) is 0 Å². The first-order valence-corrected chi connectivity index (χ1v) is 11.3. The molecule has 0 fully saturated rings. The summed E-state index contributed by atoms with van der Waals surface area (Å²) in [7, 11) is 0. The third-order valence-corrected chi connectivity index (χ3v) is 7.98. The quantitative estimate of drug-likeness (QED) is 0.390. The number of anilines is 1. The van der Waals surface area contributed by atoms with E-state index in [1.807, 2.05) is 18.2 Å². The fraction of sp³-hybridized carbons (Fsp3) is 0.200. The molecule has 0 unspecified atom stereocenters. The number of carbonyl (C=O) groups excluding carboxylic acids is 1. The monoisotopic (exact) mass is 430 g/mol. The fourth-order valence-corrected chi connectivity index (χ4v) is 6.56. The maximum Gasteiger partial charge on any atom is 0.233 e. The molecule has 1 heterocycles. The van der Waals surface area contributed by atoms with Crippen molar-refractivity contribution < 1.29 is 4.79 Å². The Kier molecular flexibility index (Phi) is 3.86. The molecule has 1 N–H and O–H groups in total. The zero-order valence-electron chi connectivity index (χ0n) is 16.4. The maximum absolute atomic E-state index is 13.7. The molecular weight excluding hydrogens is 412 g/mol. The van der Waals surface area contributed by atoms with Crippen LogP contribution in [0.25, 0.3) is 10.2 Å². The predicted octanol–water partition coefficient (Wildman–Crippen LogP) is 6.58. The zero-order valence-corrected chi connectivity index (χ0v) is 17.9. The molecule has 3 nitrogen and oxygen atoms in total. The van der Waals surface area contributed by atoms with E-state index in [2.05, 4.69) is 65.8 Å². The lowest BCUT2D eigenvalue weighted by Crippen LogP contribution is -2.47. The summed E-state index contributed by atoms with van der Waals surface area (Å²) < 4.78 is 0.976. The normalized spacial score (nSPS) is 23.8. The molecule has 0 spiro atoms. The van der Waals surface area contributed by atoms with Crippen molar-refractivity contribution in [1.29, 1.82) is 0 Å². The average molecular weight is 431 g/mol. The standard InChI is InChI=1S/C25H19ClN2OS/c1-25(23(29)28-24-27-22-19(26)11-6-12-20(22)30-24)13-18-14-7-2-4-9-16(14)21(25)17-10-5-3-8-15(17)18/h2-12,18,21H,13H2,1H3,(H,27,28,29)/t18?,21?,25-/m0/s1. The Hall–Kier alpha value is -2.69. The molecule has 0 saturated carbocycles. The molecule has 5 heteroatoms. The van der Waals surface area contributed by atoms with Gasteiger partial charge < -0.3 is 5.32 Å². The fourth-order valence-electron chi connectivity index (χ4n) is 5.40. The summed E-state index contributed by atoms with van der Waals surface area (Å²) in [5.41, 5.74) is 5.46. The largest absolute Gasteiger partial charge is 0.301 e. The summed E-state index contributed by atoms with van der Waals surface area (Å²) in [6, 6.07) is 22.9. The summed E-state index contributed by atoms with van der Waals surface area (Å²) >= 11 is 7.74. The first-order chi connectivity index (χ1) is 14.6. The summed E-state index contributed by atoms with van der Waals surface area (Å²) in [5, 5.41) is 4.34. The second-order valence-electron chi connectivity index (χ2n) is 8.42. The van der Waals surface area contributed by atoms with Gasteiger partial charge in [-0.15, -0.1) is 0 Å². The van der Waals surface area contributed by atoms with Crippen LogP contribution in [0.5, 0.6) is 0 Å². The van der Waals surface area contributed by atoms with Crippen LogP contribution in [0.15, 0.2) is 66.7 Å². The molecule has 1 amide bonds. The molecule has 3 aliphatic rings. The van der Waals surface area contributed by atoms with Gasteiger partial charge in [0.25, 0.3) is 0 Å². The SMILES string of the molecule is C[C@]1(C(=O)Nc2nc3c(Cl)cccc3s2)CC2c3ccccc3C1c1ccccc12. The predicted molar refractivity (Wildman–Crippen MR) is 123 cm³/mol. The van der Waals surface area contributed by atoms with E-state index in [-0.39, 0.29) is 17.7 Å². The van der Waals surface area contributed by atoms with E-state index in [9.17, 15) is 4.79 Å². The Labute approximate surface area is 183 Å².